The first-order chi connectivity index (χ1) is 14.1. The highest BCUT2D eigenvalue weighted by molar-refractivity contribution is 5.78. The van der Waals surface area contributed by atoms with Crippen molar-refractivity contribution in [3.8, 4) is 0 Å². The van der Waals surface area contributed by atoms with E-state index in [4.69, 9.17) is 0 Å². The van der Waals surface area contributed by atoms with Crippen LogP contribution in [0.4, 0.5) is 5.69 Å². The van der Waals surface area contributed by atoms with Crippen molar-refractivity contribution in [2.24, 2.45) is 0 Å². The van der Waals surface area contributed by atoms with Crippen LogP contribution in [0.1, 0.15) is 0 Å². The zero-order valence-electron chi connectivity index (χ0n) is 17.4. The van der Waals surface area contributed by atoms with E-state index >= 15 is 0 Å². The van der Waals surface area contributed by atoms with Crippen molar-refractivity contribution in [2.45, 2.75) is 6.10 Å². The molecule has 29 heavy (non-hydrogen) atoms. The summed E-state index contributed by atoms with van der Waals surface area (Å²) in [6.45, 7) is 13.5. The fourth-order valence-corrected chi connectivity index (χ4v) is 4.06. The minimum Gasteiger partial charge on any atom is -0.390 e. The lowest BCUT2D eigenvalue weighted by Gasteiger charge is -2.38. The first-order valence-corrected chi connectivity index (χ1v) is 10.7. The predicted octanol–water partition coefficient (Wildman–Crippen LogP) is 0.0893. The highest BCUT2D eigenvalue weighted by Gasteiger charge is 2.23. The molecule has 1 aromatic carbocycles. The van der Waals surface area contributed by atoms with Crippen molar-refractivity contribution in [1.29, 1.82) is 0 Å². The second kappa shape index (κ2) is 11.3. The van der Waals surface area contributed by atoms with Crippen LogP contribution in [0.3, 0.4) is 0 Å². The average Bonchev–Trinajstić information content (AvgIpc) is 2.75. The van der Waals surface area contributed by atoms with Gasteiger partial charge in [0.2, 0.25) is 5.91 Å². The zero-order valence-corrected chi connectivity index (χ0v) is 17.4. The number of hydrogen-bond acceptors (Lipinski definition) is 6. The van der Waals surface area contributed by atoms with Gasteiger partial charge in [-0.1, -0.05) is 24.3 Å². The molecule has 2 fully saturated rings. The van der Waals surface area contributed by atoms with Crippen LogP contribution in [-0.2, 0) is 4.79 Å². The van der Waals surface area contributed by atoms with Crippen LogP contribution in [0.25, 0.3) is 0 Å². The molecule has 0 saturated carbocycles. The van der Waals surface area contributed by atoms with Gasteiger partial charge in [0.15, 0.2) is 0 Å². The maximum absolute atomic E-state index is 11.8. The monoisotopic (exact) mass is 401 g/mol. The van der Waals surface area contributed by atoms with Gasteiger partial charge in [-0.2, -0.15) is 0 Å². The van der Waals surface area contributed by atoms with E-state index in [0.717, 1.165) is 58.9 Å². The summed E-state index contributed by atoms with van der Waals surface area (Å²) in [6.07, 6.45) is 1.36. The van der Waals surface area contributed by atoms with Gasteiger partial charge >= 0.3 is 0 Å². The molecule has 2 saturated heterocycles. The van der Waals surface area contributed by atoms with Crippen LogP contribution in [0, 0.1) is 0 Å². The summed E-state index contributed by atoms with van der Waals surface area (Å²) < 4.78 is 0. The fourth-order valence-electron chi connectivity index (χ4n) is 4.06. The van der Waals surface area contributed by atoms with Crippen molar-refractivity contribution >= 4 is 11.6 Å². The van der Waals surface area contributed by atoms with Gasteiger partial charge in [-0.05, 0) is 12.1 Å². The Morgan fingerprint density at radius 1 is 0.966 bits per heavy atom. The molecule has 2 N–H and O–H groups in total. The summed E-state index contributed by atoms with van der Waals surface area (Å²) in [5, 5.41) is 13.4. The summed E-state index contributed by atoms with van der Waals surface area (Å²) in [4.78, 5) is 21.1. The van der Waals surface area contributed by atoms with Gasteiger partial charge in [0.25, 0.3) is 0 Å². The fraction of sp³-hybridized carbons (Fsp3) is 0.591. The van der Waals surface area contributed by atoms with Gasteiger partial charge < -0.3 is 15.3 Å². The minimum atomic E-state index is -0.333. The second-order valence-electron chi connectivity index (χ2n) is 7.95. The smallest absolute Gasteiger partial charge is 0.234 e. The number of piperazine rings is 2. The molecule has 0 radical (unpaired) electrons. The quantitative estimate of drug-likeness (QED) is 0.572. The summed E-state index contributed by atoms with van der Waals surface area (Å²) in [7, 11) is 0. The Morgan fingerprint density at radius 3 is 2.10 bits per heavy atom. The molecule has 2 aliphatic heterocycles. The van der Waals surface area contributed by atoms with Gasteiger partial charge in [-0.25, -0.2) is 0 Å². The second-order valence-corrected chi connectivity index (χ2v) is 7.95. The highest BCUT2D eigenvalue weighted by Crippen LogP contribution is 2.15. The molecule has 3 rings (SSSR count). The molecule has 1 aromatic rings. The predicted molar refractivity (Wildman–Crippen MR) is 117 cm³/mol. The third-order valence-electron chi connectivity index (χ3n) is 5.71. The van der Waals surface area contributed by atoms with Crippen molar-refractivity contribution in [1.82, 2.24) is 20.0 Å². The summed E-state index contributed by atoms with van der Waals surface area (Å²) in [5.74, 6) is 0.0491. The highest BCUT2D eigenvalue weighted by atomic mass is 16.3. The molecule has 2 heterocycles. The van der Waals surface area contributed by atoms with Crippen LogP contribution >= 0.6 is 0 Å². The summed E-state index contributed by atoms with van der Waals surface area (Å²) in [6, 6.07) is 10.5. The SMILES string of the molecule is C=CCNC(=O)CN1CCN(CC(O)CN2CCN(c3ccccc3)CC2)CC1. The normalized spacial score (nSPS) is 20.4. The van der Waals surface area contributed by atoms with Crippen molar-refractivity contribution in [3.63, 3.8) is 0 Å². The number of aliphatic hydroxyl groups excluding tert-OH is 1. The molecule has 1 atom stereocenters. The summed E-state index contributed by atoms with van der Waals surface area (Å²) in [5.41, 5.74) is 1.28. The Kier molecular flexibility index (Phi) is 8.49. The Balaban J connectivity index is 1.31. The molecule has 7 heteroatoms. The Hall–Kier alpha value is -1.93. The maximum atomic E-state index is 11.8. The van der Waals surface area contributed by atoms with E-state index < -0.39 is 0 Å². The lowest BCUT2D eigenvalue weighted by Crippen LogP contribution is -2.53. The third kappa shape index (κ3) is 7.12. The Bertz CT molecular complexity index is 625. The number of amides is 1. The van der Waals surface area contributed by atoms with Crippen molar-refractivity contribution < 1.29 is 9.90 Å². The topological polar surface area (TPSA) is 62.3 Å². The van der Waals surface area contributed by atoms with Crippen LogP contribution in [0.2, 0.25) is 0 Å². The Morgan fingerprint density at radius 2 is 1.52 bits per heavy atom. The number of hydrogen-bond donors (Lipinski definition) is 2. The van der Waals surface area contributed by atoms with Crippen LogP contribution in [0.15, 0.2) is 43.0 Å². The number of benzene rings is 1. The van der Waals surface area contributed by atoms with Gasteiger partial charge in [0.05, 0.1) is 12.6 Å². The largest absolute Gasteiger partial charge is 0.390 e. The number of para-hydroxylation sites is 1. The van der Waals surface area contributed by atoms with Gasteiger partial charge in [0, 0.05) is 77.7 Å². The molecular formula is C22H35N5O2. The number of aliphatic hydroxyl groups is 1. The first-order valence-electron chi connectivity index (χ1n) is 10.7. The zero-order chi connectivity index (χ0) is 20.5. The van der Waals surface area contributed by atoms with Crippen LogP contribution < -0.4 is 10.2 Å². The number of nitrogens with zero attached hydrogens (tertiary/aromatic N) is 4. The lowest BCUT2D eigenvalue weighted by molar-refractivity contribution is -0.122. The molecule has 2 aliphatic rings. The van der Waals surface area contributed by atoms with Gasteiger partial charge in [-0.3, -0.25) is 19.5 Å². The molecule has 1 amide bonds. The standard InChI is InChI=1S/C22H35N5O2/c1-2-8-23-22(29)19-26-11-9-24(10-12-26)17-21(28)18-25-13-15-27(16-14-25)20-6-4-3-5-7-20/h2-7,21,28H,1,8-19H2,(H,23,29). The van der Waals surface area contributed by atoms with E-state index in [2.05, 4.69) is 55.8 Å². The van der Waals surface area contributed by atoms with Gasteiger partial charge in [0.1, 0.15) is 0 Å². The molecular weight excluding hydrogens is 366 g/mol. The molecule has 160 valence electrons. The van der Waals surface area contributed by atoms with Crippen LogP contribution in [0.5, 0.6) is 0 Å². The number of carbonyl (C=O) groups excluding carboxylic acids is 1. The molecule has 7 nitrogen and oxygen atoms in total. The third-order valence-corrected chi connectivity index (χ3v) is 5.71. The number of carbonyl (C=O) groups is 1. The van der Waals surface area contributed by atoms with E-state index in [1.807, 2.05) is 6.07 Å². The molecule has 0 aromatic heterocycles. The molecule has 0 spiro atoms. The first kappa shape index (κ1) is 21.8. The Labute approximate surface area is 174 Å². The number of anilines is 1. The summed E-state index contributed by atoms with van der Waals surface area (Å²) >= 11 is 0. The molecule has 1 unspecified atom stereocenters. The number of β-amino-alcohol motifs (C(OH)–C–C–N with tert-alkyl or cyclic N) is 1. The van der Waals surface area contributed by atoms with Crippen LogP contribution in [-0.4, -0.2) is 110 Å². The van der Waals surface area contributed by atoms with E-state index in [0.29, 0.717) is 19.6 Å². The average molecular weight is 402 g/mol. The van der Waals surface area contributed by atoms with Crippen molar-refractivity contribution in [3.05, 3.63) is 43.0 Å². The van der Waals surface area contributed by atoms with E-state index in [1.165, 1.54) is 5.69 Å². The minimum absolute atomic E-state index is 0.0491. The molecule has 0 aliphatic carbocycles. The number of nitrogens with one attached hydrogen (secondary N) is 1. The molecule has 0 bridgehead atoms. The van der Waals surface area contributed by atoms with E-state index in [1.54, 1.807) is 6.08 Å². The van der Waals surface area contributed by atoms with E-state index in [9.17, 15) is 9.90 Å². The van der Waals surface area contributed by atoms with Crippen molar-refractivity contribution in [2.75, 3.05) is 83.4 Å². The van der Waals surface area contributed by atoms with E-state index in [-0.39, 0.29) is 12.0 Å². The number of rotatable bonds is 9. The maximum Gasteiger partial charge on any atom is 0.234 e. The lowest BCUT2D eigenvalue weighted by atomic mass is 10.2. The van der Waals surface area contributed by atoms with Gasteiger partial charge in [-0.15, -0.1) is 6.58 Å².